The van der Waals surface area contributed by atoms with Crippen molar-refractivity contribution in [2.75, 3.05) is 12.3 Å². The van der Waals surface area contributed by atoms with E-state index in [-0.39, 0.29) is 5.91 Å². The molecular weight excluding hydrogens is 358 g/mol. The van der Waals surface area contributed by atoms with Crippen LogP contribution in [-0.4, -0.2) is 49.4 Å². The van der Waals surface area contributed by atoms with Crippen LogP contribution in [0.5, 0.6) is 0 Å². The maximum Gasteiger partial charge on any atom is 0.233 e. The smallest absolute Gasteiger partial charge is 0.233 e. The van der Waals surface area contributed by atoms with Gasteiger partial charge in [0.1, 0.15) is 0 Å². The van der Waals surface area contributed by atoms with Gasteiger partial charge in [0.15, 0.2) is 0 Å². The van der Waals surface area contributed by atoms with Crippen molar-refractivity contribution < 1.29 is 4.79 Å². The summed E-state index contributed by atoms with van der Waals surface area (Å²) in [6.07, 6.45) is 7.45. The Labute approximate surface area is 164 Å². The first-order valence-corrected chi connectivity index (χ1v) is 10.9. The highest BCUT2D eigenvalue weighted by Gasteiger charge is 2.35. The quantitative estimate of drug-likeness (QED) is 0.753. The topological polar surface area (TPSA) is 63.9 Å². The summed E-state index contributed by atoms with van der Waals surface area (Å²) in [5.74, 6) is 1.34. The number of likely N-dealkylation sites (tertiary alicyclic amines) is 1. The van der Waals surface area contributed by atoms with E-state index in [1.807, 2.05) is 0 Å². The average Bonchev–Trinajstić information content (AvgIpc) is 3.13. The third kappa shape index (κ3) is 4.03. The van der Waals surface area contributed by atoms with Crippen LogP contribution in [0.15, 0.2) is 23.4 Å². The van der Waals surface area contributed by atoms with Gasteiger partial charge in [-0.3, -0.25) is 4.79 Å². The molecule has 7 heteroatoms. The number of fused-ring (bicyclic) bond motifs is 1. The number of nitrogens with zero attached hydrogens (tertiary/aromatic N) is 5. The van der Waals surface area contributed by atoms with Gasteiger partial charge in [-0.05, 0) is 79.1 Å². The lowest BCUT2D eigenvalue weighted by Crippen LogP contribution is -2.50. The summed E-state index contributed by atoms with van der Waals surface area (Å²) >= 11 is 1.44. The fourth-order valence-electron chi connectivity index (χ4n) is 4.65. The minimum Gasteiger partial charge on any atom is -0.339 e. The maximum absolute atomic E-state index is 12.9. The number of aryl methyl sites for hydroxylation is 2. The Morgan fingerprint density at radius 3 is 2.67 bits per heavy atom. The Balaban J connectivity index is 1.45. The zero-order valence-electron chi connectivity index (χ0n) is 16.1. The largest absolute Gasteiger partial charge is 0.339 e. The first-order valence-electron chi connectivity index (χ1n) is 9.91. The molecule has 2 atom stereocenters. The first-order chi connectivity index (χ1) is 13.1. The molecule has 1 aliphatic heterocycles. The van der Waals surface area contributed by atoms with Crippen molar-refractivity contribution in [3.63, 3.8) is 0 Å². The molecule has 2 aliphatic rings. The highest BCUT2D eigenvalue weighted by atomic mass is 32.2. The van der Waals surface area contributed by atoms with Crippen LogP contribution in [0.4, 0.5) is 0 Å². The van der Waals surface area contributed by atoms with Crippen molar-refractivity contribution in [1.29, 1.82) is 0 Å². The average molecular weight is 386 g/mol. The second-order valence-electron chi connectivity index (χ2n) is 7.85. The maximum atomic E-state index is 12.9. The number of carbonyl (C=O) groups is 1. The Hall–Kier alpha value is -1.89. The van der Waals surface area contributed by atoms with Gasteiger partial charge in [0.2, 0.25) is 11.1 Å². The summed E-state index contributed by atoms with van der Waals surface area (Å²) in [7, 11) is 0. The second-order valence-corrected chi connectivity index (χ2v) is 8.79. The fraction of sp³-hybridized carbons (Fsp3) is 0.600. The number of hydrogen-bond donors (Lipinski definition) is 0. The Kier molecular flexibility index (Phi) is 5.48. The number of rotatable bonds is 4. The standard InChI is InChI=1S/C20H27N5OS/c1-14-10-15(2)12-17(11-14)25-20(21-22-23-25)27-13-19(26)24-9-5-7-16-6-3-4-8-18(16)24/h10-12,16,18H,3-9,13H2,1-2H3. The van der Waals surface area contributed by atoms with Crippen LogP contribution in [-0.2, 0) is 4.79 Å². The Morgan fingerprint density at radius 2 is 1.85 bits per heavy atom. The van der Waals surface area contributed by atoms with Crippen LogP contribution < -0.4 is 0 Å². The summed E-state index contributed by atoms with van der Waals surface area (Å²) in [5, 5.41) is 12.8. The van der Waals surface area contributed by atoms with Crippen LogP contribution in [0, 0.1) is 19.8 Å². The summed E-state index contributed by atoms with van der Waals surface area (Å²) < 4.78 is 1.73. The summed E-state index contributed by atoms with van der Waals surface area (Å²) in [6.45, 7) is 5.03. The molecule has 2 heterocycles. The molecule has 6 nitrogen and oxygen atoms in total. The lowest BCUT2D eigenvalue weighted by molar-refractivity contribution is -0.134. The molecular formula is C20H27N5OS. The number of hydrogen-bond acceptors (Lipinski definition) is 5. The first kappa shape index (κ1) is 18.5. The molecule has 1 aromatic heterocycles. The predicted octanol–water partition coefficient (Wildman–Crippen LogP) is 3.55. The Bertz CT molecular complexity index is 798. The lowest BCUT2D eigenvalue weighted by Gasteiger charge is -2.44. The van der Waals surface area contributed by atoms with Gasteiger partial charge in [0.05, 0.1) is 11.4 Å². The van der Waals surface area contributed by atoms with E-state index in [1.165, 1.54) is 55.0 Å². The van der Waals surface area contributed by atoms with Gasteiger partial charge in [-0.15, -0.1) is 5.10 Å². The van der Waals surface area contributed by atoms with Crippen LogP contribution in [0.2, 0.25) is 0 Å². The van der Waals surface area contributed by atoms with Crippen LogP contribution in [0.3, 0.4) is 0 Å². The number of aromatic nitrogens is 4. The Morgan fingerprint density at radius 1 is 1.11 bits per heavy atom. The fourth-order valence-corrected chi connectivity index (χ4v) is 5.42. The SMILES string of the molecule is Cc1cc(C)cc(-n2nnnc2SCC(=O)N2CCCC3CCCCC32)c1. The van der Waals surface area contributed by atoms with Gasteiger partial charge < -0.3 is 4.90 Å². The molecule has 0 N–H and O–H groups in total. The molecule has 144 valence electrons. The van der Waals surface area contributed by atoms with E-state index in [1.54, 1.807) is 4.68 Å². The normalized spacial score (nSPS) is 22.5. The molecule has 2 aromatic rings. The van der Waals surface area contributed by atoms with Crippen LogP contribution >= 0.6 is 11.8 Å². The molecule has 27 heavy (non-hydrogen) atoms. The van der Waals surface area contributed by atoms with Gasteiger partial charge >= 0.3 is 0 Å². The second kappa shape index (κ2) is 8.00. The molecule has 0 bridgehead atoms. The monoisotopic (exact) mass is 385 g/mol. The molecule has 1 amide bonds. The van der Waals surface area contributed by atoms with Crippen LogP contribution in [0.25, 0.3) is 5.69 Å². The van der Waals surface area contributed by atoms with Gasteiger partial charge in [0.25, 0.3) is 0 Å². The highest BCUT2D eigenvalue weighted by molar-refractivity contribution is 7.99. The van der Waals surface area contributed by atoms with E-state index in [0.29, 0.717) is 22.9 Å². The molecule has 1 aliphatic carbocycles. The van der Waals surface area contributed by atoms with Gasteiger partial charge in [-0.25, -0.2) is 0 Å². The molecule has 4 rings (SSSR count). The van der Waals surface area contributed by atoms with E-state index in [0.717, 1.165) is 18.7 Å². The number of thioether (sulfide) groups is 1. The number of tetrazole rings is 1. The van der Waals surface area contributed by atoms with Gasteiger partial charge in [-0.2, -0.15) is 4.68 Å². The van der Waals surface area contributed by atoms with Crippen molar-refractivity contribution in [2.24, 2.45) is 5.92 Å². The van der Waals surface area contributed by atoms with E-state index >= 15 is 0 Å². The third-order valence-corrected chi connectivity index (χ3v) is 6.68. The van der Waals surface area contributed by atoms with Crippen molar-refractivity contribution >= 4 is 17.7 Å². The molecule has 1 saturated carbocycles. The minimum absolute atomic E-state index is 0.228. The highest BCUT2D eigenvalue weighted by Crippen LogP contribution is 2.35. The number of piperidine rings is 1. The number of benzene rings is 1. The van der Waals surface area contributed by atoms with E-state index in [2.05, 4.69) is 52.5 Å². The molecule has 0 spiro atoms. The summed E-state index contributed by atoms with van der Waals surface area (Å²) in [4.78, 5) is 15.1. The minimum atomic E-state index is 0.228. The zero-order chi connectivity index (χ0) is 18.8. The van der Waals surface area contributed by atoms with Crippen molar-refractivity contribution in [2.45, 2.75) is 63.6 Å². The van der Waals surface area contributed by atoms with Gasteiger partial charge in [-0.1, -0.05) is 30.7 Å². The lowest BCUT2D eigenvalue weighted by atomic mass is 9.78. The molecule has 0 radical (unpaired) electrons. The van der Waals surface area contributed by atoms with E-state index in [4.69, 9.17) is 0 Å². The van der Waals surface area contributed by atoms with Crippen LogP contribution in [0.1, 0.15) is 49.7 Å². The summed E-state index contributed by atoms with van der Waals surface area (Å²) in [6, 6.07) is 6.70. The van der Waals surface area contributed by atoms with Crippen molar-refractivity contribution in [3.05, 3.63) is 29.3 Å². The molecule has 1 aromatic carbocycles. The number of carbonyl (C=O) groups excluding carboxylic acids is 1. The van der Waals surface area contributed by atoms with Crippen molar-refractivity contribution in [3.8, 4) is 5.69 Å². The summed E-state index contributed by atoms with van der Waals surface area (Å²) in [5.41, 5.74) is 3.28. The third-order valence-electron chi connectivity index (χ3n) is 5.78. The molecule has 2 unspecified atom stereocenters. The predicted molar refractivity (Wildman–Crippen MR) is 106 cm³/mol. The van der Waals surface area contributed by atoms with Gasteiger partial charge in [0, 0.05) is 12.6 Å². The number of amides is 1. The zero-order valence-corrected chi connectivity index (χ0v) is 16.9. The van der Waals surface area contributed by atoms with E-state index in [9.17, 15) is 4.79 Å². The molecule has 2 fully saturated rings. The van der Waals surface area contributed by atoms with Crippen molar-refractivity contribution in [1.82, 2.24) is 25.1 Å². The van der Waals surface area contributed by atoms with E-state index < -0.39 is 0 Å². The molecule has 1 saturated heterocycles.